The third-order valence-electron chi connectivity index (χ3n) is 4.71. The predicted octanol–water partition coefficient (Wildman–Crippen LogP) is 3.83. The molecule has 1 aliphatic rings. The van der Waals surface area contributed by atoms with Crippen molar-refractivity contribution in [3.8, 4) is 0 Å². The first kappa shape index (κ1) is 20.4. The van der Waals surface area contributed by atoms with E-state index in [1.807, 2.05) is 32.9 Å². The van der Waals surface area contributed by atoms with Crippen molar-refractivity contribution in [3.63, 3.8) is 0 Å². The average Bonchev–Trinajstić information content (AvgIpc) is 2.77. The minimum Gasteiger partial charge on any atom is -0.321 e. The Morgan fingerprint density at radius 2 is 1.75 bits per heavy atom. The number of sulfonamides is 1. The number of halogens is 1. The molecule has 0 aromatic heterocycles. The number of anilines is 2. The van der Waals surface area contributed by atoms with Crippen LogP contribution in [0.25, 0.3) is 0 Å². The van der Waals surface area contributed by atoms with Crippen LogP contribution in [0.15, 0.2) is 30.3 Å². The van der Waals surface area contributed by atoms with Crippen molar-refractivity contribution in [2.45, 2.75) is 27.7 Å². The van der Waals surface area contributed by atoms with Crippen molar-refractivity contribution in [3.05, 3.63) is 57.6 Å². The Bertz CT molecular complexity index is 1070. The van der Waals surface area contributed by atoms with Crippen molar-refractivity contribution in [2.75, 3.05) is 15.4 Å². The van der Waals surface area contributed by atoms with Crippen LogP contribution in [-0.4, -0.2) is 26.0 Å². The summed E-state index contributed by atoms with van der Waals surface area (Å²) < 4.78 is 25.2. The number of hydrogen-bond donors (Lipinski definition) is 1. The normalized spacial score (nSPS) is 18.4. The molecule has 1 saturated heterocycles. The van der Waals surface area contributed by atoms with Crippen molar-refractivity contribution in [2.24, 2.45) is 5.92 Å². The average molecular weight is 421 g/mol. The lowest BCUT2D eigenvalue weighted by molar-refractivity contribution is -0.119. The molecule has 1 atom stereocenters. The molecule has 28 heavy (non-hydrogen) atoms. The van der Waals surface area contributed by atoms with Crippen LogP contribution in [0.2, 0.25) is 5.02 Å². The summed E-state index contributed by atoms with van der Waals surface area (Å²) >= 11 is 6.26. The number of hydrogen-bond acceptors (Lipinski definition) is 4. The van der Waals surface area contributed by atoms with E-state index in [9.17, 15) is 18.0 Å². The van der Waals surface area contributed by atoms with Crippen LogP contribution in [0.3, 0.4) is 0 Å². The first-order valence-electron chi connectivity index (χ1n) is 8.77. The Labute approximate surface area is 169 Å². The van der Waals surface area contributed by atoms with Gasteiger partial charge in [0.25, 0.3) is 5.91 Å². The van der Waals surface area contributed by atoms with Gasteiger partial charge in [0.1, 0.15) is 0 Å². The van der Waals surface area contributed by atoms with Gasteiger partial charge in [0, 0.05) is 5.69 Å². The minimum atomic E-state index is -3.73. The van der Waals surface area contributed by atoms with Gasteiger partial charge in [-0.1, -0.05) is 36.2 Å². The lowest BCUT2D eigenvalue weighted by Crippen LogP contribution is -2.30. The van der Waals surface area contributed by atoms with E-state index in [1.54, 1.807) is 6.92 Å². The summed E-state index contributed by atoms with van der Waals surface area (Å²) in [5, 5.41) is 2.93. The second kappa shape index (κ2) is 7.22. The molecule has 1 fully saturated rings. The zero-order chi connectivity index (χ0) is 20.8. The van der Waals surface area contributed by atoms with Crippen LogP contribution in [0.1, 0.15) is 34.0 Å². The van der Waals surface area contributed by atoms with E-state index in [0.717, 1.165) is 21.0 Å². The van der Waals surface area contributed by atoms with Gasteiger partial charge >= 0.3 is 0 Å². The number of rotatable bonds is 3. The maximum absolute atomic E-state index is 12.7. The molecule has 8 heteroatoms. The molecule has 0 saturated carbocycles. The Morgan fingerprint density at radius 3 is 2.25 bits per heavy atom. The number of nitrogens with zero attached hydrogens (tertiary/aromatic N) is 1. The zero-order valence-electron chi connectivity index (χ0n) is 16.0. The van der Waals surface area contributed by atoms with E-state index in [4.69, 9.17) is 11.6 Å². The minimum absolute atomic E-state index is 0.0694. The summed E-state index contributed by atoms with van der Waals surface area (Å²) in [5.41, 5.74) is 4.01. The third-order valence-corrected chi connectivity index (χ3v) is 6.89. The molecule has 0 bridgehead atoms. The highest BCUT2D eigenvalue weighted by Crippen LogP contribution is 2.32. The van der Waals surface area contributed by atoms with E-state index in [1.165, 1.54) is 18.2 Å². The fraction of sp³-hybridized carbons (Fsp3) is 0.300. The van der Waals surface area contributed by atoms with Crippen molar-refractivity contribution < 1.29 is 18.0 Å². The Kier molecular flexibility index (Phi) is 5.25. The van der Waals surface area contributed by atoms with E-state index >= 15 is 0 Å². The van der Waals surface area contributed by atoms with E-state index in [0.29, 0.717) is 5.69 Å². The molecule has 1 N–H and O–H groups in total. The Balaban J connectivity index is 1.91. The van der Waals surface area contributed by atoms with Crippen molar-refractivity contribution in [1.29, 1.82) is 0 Å². The Morgan fingerprint density at radius 1 is 1.14 bits per heavy atom. The highest BCUT2D eigenvalue weighted by atomic mass is 35.5. The molecule has 6 nitrogen and oxygen atoms in total. The number of benzene rings is 2. The lowest BCUT2D eigenvalue weighted by Gasteiger charge is -2.17. The van der Waals surface area contributed by atoms with Gasteiger partial charge in [-0.2, -0.15) is 0 Å². The van der Waals surface area contributed by atoms with Gasteiger partial charge in [-0.05, 0) is 50.1 Å². The van der Waals surface area contributed by atoms with Gasteiger partial charge in [-0.15, -0.1) is 0 Å². The molecule has 1 unspecified atom stereocenters. The van der Waals surface area contributed by atoms with E-state index in [-0.39, 0.29) is 22.0 Å². The van der Waals surface area contributed by atoms with Crippen LogP contribution in [0.5, 0.6) is 0 Å². The van der Waals surface area contributed by atoms with Gasteiger partial charge < -0.3 is 5.32 Å². The van der Waals surface area contributed by atoms with Gasteiger partial charge in [-0.25, -0.2) is 12.7 Å². The van der Waals surface area contributed by atoms with Crippen LogP contribution in [0.4, 0.5) is 11.4 Å². The number of nitrogens with one attached hydrogen (secondary N) is 1. The van der Waals surface area contributed by atoms with Crippen LogP contribution in [-0.2, 0) is 14.8 Å². The summed E-state index contributed by atoms with van der Waals surface area (Å²) in [7, 11) is -3.73. The summed E-state index contributed by atoms with van der Waals surface area (Å²) in [5.74, 6) is -1.76. The molecule has 3 rings (SSSR count). The summed E-state index contributed by atoms with van der Waals surface area (Å²) in [6.45, 7) is 7.36. The summed E-state index contributed by atoms with van der Waals surface area (Å²) in [6.07, 6.45) is 0. The van der Waals surface area contributed by atoms with Gasteiger partial charge in [0.15, 0.2) is 0 Å². The van der Waals surface area contributed by atoms with E-state index in [2.05, 4.69) is 5.32 Å². The van der Waals surface area contributed by atoms with E-state index < -0.39 is 27.8 Å². The predicted molar refractivity (Wildman–Crippen MR) is 110 cm³/mol. The van der Waals surface area contributed by atoms with Crippen molar-refractivity contribution in [1.82, 2.24) is 0 Å². The number of carbonyl (C=O) groups excluding carboxylic acids is 2. The molecule has 0 radical (unpaired) electrons. The molecule has 2 amide bonds. The third kappa shape index (κ3) is 3.64. The largest absolute Gasteiger partial charge is 0.321 e. The maximum Gasteiger partial charge on any atom is 0.257 e. The topological polar surface area (TPSA) is 83.6 Å². The molecule has 2 aromatic rings. The summed E-state index contributed by atoms with van der Waals surface area (Å²) in [4.78, 5) is 24.9. The van der Waals surface area contributed by atoms with Gasteiger partial charge in [-0.3, -0.25) is 9.59 Å². The molecule has 1 aliphatic heterocycles. The smallest absolute Gasteiger partial charge is 0.257 e. The molecule has 2 aromatic carbocycles. The molecule has 0 spiro atoms. The first-order chi connectivity index (χ1) is 13.0. The fourth-order valence-corrected chi connectivity index (χ4v) is 5.53. The highest BCUT2D eigenvalue weighted by Gasteiger charge is 2.42. The van der Waals surface area contributed by atoms with Gasteiger partial charge in [0.2, 0.25) is 15.9 Å². The standard InChI is InChI=1S/C20H21ClN2O4S/c1-11-7-12(2)18(13(3)8-11)22-19(24)16-6-5-15(9-17(16)21)23-20(25)14(4)10-28(23,26)27/h5-9,14H,10H2,1-4H3,(H,22,24). The molecule has 148 valence electrons. The number of carbonyl (C=O) groups is 2. The second-order valence-corrected chi connectivity index (χ2v) is 9.44. The molecule has 1 heterocycles. The van der Waals surface area contributed by atoms with Crippen LogP contribution >= 0.6 is 11.6 Å². The molecular weight excluding hydrogens is 400 g/mol. The summed E-state index contributed by atoms with van der Waals surface area (Å²) in [6, 6.07) is 8.12. The quantitative estimate of drug-likeness (QED) is 0.817. The van der Waals surface area contributed by atoms with Gasteiger partial charge in [0.05, 0.1) is 27.9 Å². The first-order valence-corrected chi connectivity index (χ1v) is 10.8. The Hall–Kier alpha value is -2.38. The van der Waals surface area contributed by atoms with Crippen LogP contribution in [0, 0.1) is 26.7 Å². The maximum atomic E-state index is 12.7. The highest BCUT2D eigenvalue weighted by molar-refractivity contribution is 7.94. The molecule has 0 aliphatic carbocycles. The monoisotopic (exact) mass is 420 g/mol. The SMILES string of the molecule is Cc1cc(C)c(NC(=O)c2ccc(N3C(=O)C(C)CS3(=O)=O)cc2Cl)c(C)c1. The van der Waals surface area contributed by atoms with Crippen molar-refractivity contribution >= 4 is 44.8 Å². The number of aryl methyl sites for hydroxylation is 3. The lowest BCUT2D eigenvalue weighted by atomic mass is 10.0. The zero-order valence-corrected chi connectivity index (χ0v) is 17.6. The fourth-order valence-electron chi connectivity index (χ4n) is 3.46. The molecular formula is C20H21ClN2O4S. The number of amides is 2. The second-order valence-electron chi connectivity index (χ2n) is 7.17. The van der Waals surface area contributed by atoms with Crippen LogP contribution < -0.4 is 9.62 Å².